The molecule has 2 rings (SSSR count). The highest BCUT2D eigenvalue weighted by molar-refractivity contribution is 5.33. The molecule has 1 aliphatic rings. The van der Waals surface area contributed by atoms with E-state index in [1.807, 2.05) is 6.92 Å². The van der Waals surface area contributed by atoms with Gasteiger partial charge in [0.2, 0.25) is 0 Å². The zero-order chi connectivity index (χ0) is 13.2. The van der Waals surface area contributed by atoms with E-state index in [-0.39, 0.29) is 12.4 Å². The molecular formula is C14H17FN2O. The highest BCUT2D eigenvalue weighted by atomic mass is 19.1. The predicted molar refractivity (Wildman–Crippen MR) is 66.8 cm³/mol. The summed E-state index contributed by atoms with van der Waals surface area (Å²) in [6.45, 7) is 3.87. The zero-order valence-corrected chi connectivity index (χ0v) is 10.7. The lowest BCUT2D eigenvalue weighted by atomic mass is 10.1. The lowest BCUT2D eigenvalue weighted by molar-refractivity contribution is 0.230. The number of nitrogens with one attached hydrogen (secondary N) is 1. The van der Waals surface area contributed by atoms with Gasteiger partial charge in [-0.1, -0.05) is 6.07 Å². The molecular weight excluding hydrogens is 231 g/mol. The van der Waals surface area contributed by atoms with Crippen molar-refractivity contribution in [1.29, 1.82) is 5.26 Å². The minimum Gasteiger partial charge on any atom is -0.490 e. The van der Waals surface area contributed by atoms with E-state index in [4.69, 9.17) is 4.74 Å². The summed E-state index contributed by atoms with van der Waals surface area (Å²) in [4.78, 5) is 0. The van der Waals surface area contributed by atoms with Gasteiger partial charge in [-0.15, -0.1) is 0 Å². The Bertz CT molecular complexity index is 479. The number of ether oxygens (including phenoxy) is 1. The number of hydrogen-bond donors (Lipinski definition) is 1. The van der Waals surface area contributed by atoms with Crippen LogP contribution in [0.15, 0.2) is 18.2 Å². The Kier molecular flexibility index (Phi) is 3.53. The maximum absolute atomic E-state index is 13.1. The highest BCUT2D eigenvalue weighted by Crippen LogP contribution is 2.24. The van der Waals surface area contributed by atoms with Crippen LogP contribution in [0, 0.1) is 24.1 Å². The lowest BCUT2D eigenvalue weighted by Gasteiger charge is -2.23. The molecule has 0 amide bonds. The molecule has 18 heavy (non-hydrogen) atoms. The van der Waals surface area contributed by atoms with Crippen LogP contribution in [0.25, 0.3) is 0 Å². The summed E-state index contributed by atoms with van der Waals surface area (Å²) in [7, 11) is 0. The smallest absolute Gasteiger partial charge is 0.138 e. The fraction of sp³-hybridized carbons (Fsp3) is 0.500. The average molecular weight is 248 g/mol. The molecule has 96 valence electrons. The first-order chi connectivity index (χ1) is 8.52. The van der Waals surface area contributed by atoms with Crippen molar-refractivity contribution in [3.8, 4) is 11.8 Å². The van der Waals surface area contributed by atoms with E-state index < -0.39 is 5.54 Å². The maximum atomic E-state index is 13.1. The van der Waals surface area contributed by atoms with Crippen molar-refractivity contribution in [3.05, 3.63) is 29.6 Å². The van der Waals surface area contributed by atoms with Crippen LogP contribution in [0.5, 0.6) is 5.75 Å². The first-order valence-electron chi connectivity index (χ1n) is 6.10. The van der Waals surface area contributed by atoms with E-state index >= 15 is 0 Å². The van der Waals surface area contributed by atoms with Crippen molar-refractivity contribution >= 4 is 0 Å². The van der Waals surface area contributed by atoms with Crippen LogP contribution in [-0.4, -0.2) is 18.2 Å². The van der Waals surface area contributed by atoms with E-state index in [1.54, 1.807) is 13.0 Å². The number of aryl methyl sites for hydroxylation is 1. The summed E-state index contributed by atoms with van der Waals surface area (Å²) in [6.07, 6.45) is 2.21. The number of rotatable bonds is 5. The Hall–Kier alpha value is -1.60. The van der Waals surface area contributed by atoms with Crippen LogP contribution >= 0.6 is 0 Å². The molecule has 0 spiro atoms. The van der Waals surface area contributed by atoms with Gasteiger partial charge in [0.05, 0.1) is 6.07 Å². The van der Waals surface area contributed by atoms with Crippen molar-refractivity contribution in [3.63, 3.8) is 0 Å². The third-order valence-electron chi connectivity index (χ3n) is 3.01. The van der Waals surface area contributed by atoms with Crippen molar-refractivity contribution in [2.24, 2.45) is 0 Å². The summed E-state index contributed by atoms with van der Waals surface area (Å²) in [6, 6.07) is 7.06. The van der Waals surface area contributed by atoms with Crippen LogP contribution in [0.1, 0.15) is 25.3 Å². The third kappa shape index (κ3) is 3.21. The topological polar surface area (TPSA) is 45.0 Å². The van der Waals surface area contributed by atoms with Gasteiger partial charge >= 0.3 is 0 Å². The molecule has 1 saturated carbocycles. The third-order valence-corrected chi connectivity index (χ3v) is 3.01. The summed E-state index contributed by atoms with van der Waals surface area (Å²) in [5.74, 6) is 0.165. The molecule has 4 heteroatoms. The molecule has 1 N–H and O–H groups in total. The molecule has 1 aromatic rings. The first kappa shape index (κ1) is 12.8. The van der Waals surface area contributed by atoms with Crippen LogP contribution in [0.2, 0.25) is 0 Å². The van der Waals surface area contributed by atoms with E-state index in [9.17, 15) is 9.65 Å². The van der Waals surface area contributed by atoms with Gasteiger partial charge in [0, 0.05) is 12.1 Å². The molecule has 1 aliphatic carbocycles. The van der Waals surface area contributed by atoms with Gasteiger partial charge < -0.3 is 4.74 Å². The summed E-state index contributed by atoms with van der Waals surface area (Å²) >= 11 is 0. The maximum Gasteiger partial charge on any atom is 0.138 e. The fourth-order valence-corrected chi connectivity index (χ4v) is 1.74. The van der Waals surface area contributed by atoms with Crippen LogP contribution in [0.4, 0.5) is 4.39 Å². The molecule has 1 atom stereocenters. The fourth-order valence-electron chi connectivity index (χ4n) is 1.74. The average Bonchev–Trinajstić information content (AvgIpc) is 3.14. The SMILES string of the molecule is Cc1ccc(F)cc1OCC(C)(C#N)NC1CC1. The van der Waals surface area contributed by atoms with Gasteiger partial charge in [0.1, 0.15) is 23.7 Å². The van der Waals surface area contributed by atoms with Crippen molar-refractivity contribution in [2.45, 2.75) is 38.3 Å². The minimum atomic E-state index is -0.722. The van der Waals surface area contributed by atoms with Gasteiger partial charge in [0.15, 0.2) is 0 Å². The van der Waals surface area contributed by atoms with Crippen molar-refractivity contribution in [2.75, 3.05) is 6.61 Å². The Morgan fingerprint density at radius 1 is 1.56 bits per heavy atom. The Morgan fingerprint density at radius 2 is 2.28 bits per heavy atom. The lowest BCUT2D eigenvalue weighted by Crippen LogP contribution is -2.47. The molecule has 0 bridgehead atoms. The molecule has 0 aromatic heterocycles. The first-order valence-corrected chi connectivity index (χ1v) is 6.10. The highest BCUT2D eigenvalue weighted by Gasteiger charge is 2.33. The van der Waals surface area contributed by atoms with Crippen molar-refractivity contribution in [1.82, 2.24) is 5.32 Å². The minimum absolute atomic E-state index is 0.213. The van der Waals surface area contributed by atoms with Gasteiger partial charge in [-0.25, -0.2) is 4.39 Å². The van der Waals surface area contributed by atoms with Gasteiger partial charge in [-0.3, -0.25) is 5.32 Å². The van der Waals surface area contributed by atoms with Crippen LogP contribution in [0.3, 0.4) is 0 Å². The quantitative estimate of drug-likeness (QED) is 0.871. The molecule has 1 unspecified atom stereocenters. The Morgan fingerprint density at radius 3 is 2.89 bits per heavy atom. The second-order valence-corrected chi connectivity index (χ2v) is 5.06. The normalized spacial score (nSPS) is 17.9. The Labute approximate surface area is 107 Å². The van der Waals surface area contributed by atoms with Crippen LogP contribution < -0.4 is 10.1 Å². The second kappa shape index (κ2) is 4.95. The van der Waals surface area contributed by atoms with E-state index in [2.05, 4.69) is 11.4 Å². The van der Waals surface area contributed by atoms with E-state index in [0.29, 0.717) is 11.8 Å². The molecule has 0 heterocycles. The monoisotopic (exact) mass is 248 g/mol. The van der Waals surface area contributed by atoms with Gasteiger partial charge in [-0.05, 0) is 38.3 Å². The number of hydrogen-bond acceptors (Lipinski definition) is 3. The summed E-state index contributed by atoms with van der Waals surface area (Å²) in [5, 5.41) is 12.4. The Balaban J connectivity index is 2.00. The summed E-state index contributed by atoms with van der Waals surface area (Å²) < 4.78 is 18.7. The molecule has 1 fully saturated rings. The van der Waals surface area contributed by atoms with Crippen molar-refractivity contribution < 1.29 is 9.13 Å². The predicted octanol–water partition coefficient (Wildman–Crippen LogP) is 2.55. The zero-order valence-electron chi connectivity index (χ0n) is 10.7. The second-order valence-electron chi connectivity index (χ2n) is 5.06. The molecule has 0 aliphatic heterocycles. The molecule has 0 radical (unpaired) electrons. The van der Waals surface area contributed by atoms with E-state index in [1.165, 1.54) is 12.1 Å². The van der Waals surface area contributed by atoms with Gasteiger partial charge in [0.25, 0.3) is 0 Å². The number of nitrogens with zero attached hydrogens (tertiary/aromatic N) is 1. The molecule has 3 nitrogen and oxygen atoms in total. The molecule has 1 aromatic carbocycles. The largest absolute Gasteiger partial charge is 0.490 e. The number of halogens is 1. The van der Waals surface area contributed by atoms with E-state index in [0.717, 1.165) is 18.4 Å². The standard InChI is InChI=1S/C14H17FN2O/c1-10-3-4-11(15)7-13(10)18-9-14(2,8-16)17-12-5-6-12/h3-4,7,12,17H,5-6,9H2,1-2H3. The van der Waals surface area contributed by atoms with Crippen LogP contribution in [-0.2, 0) is 0 Å². The van der Waals surface area contributed by atoms with Gasteiger partial charge in [-0.2, -0.15) is 5.26 Å². The summed E-state index contributed by atoms with van der Waals surface area (Å²) in [5.41, 5.74) is 0.142. The molecule has 0 saturated heterocycles. The number of nitriles is 1. The number of benzene rings is 1.